The molecule has 1 saturated carbocycles. The molecule has 1 rings (SSSR count). The van der Waals surface area contributed by atoms with Crippen molar-refractivity contribution in [1.29, 1.82) is 0 Å². The molecule has 1 fully saturated rings. The van der Waals surface area contributed by atoms with Crippen molar-refractivity contribution in [3.8, 4) is 0 Å². The number of nitrogens with one attached hydrogen (secondary N) is 2. The van der Waals surface area contributed by atoms with Crippen LogP contribution in [0.1, 0.15) is 32.6 Å². The van der Waals surface area contributed by atoms with E-state index in [4.69, 9.17) is 0 Å². The fourth-order valence-electron chi connectivity index (χ4n) is 2.34. The van der Waals surface area contributed by atoms with Gasteiger partial charge in [0.25, 0.3) is 0 Å². The van der Waals surface area contributed by atoms with Crippen molar-refractivity contribution in [2.75, 3.05) is 18.6 Å². The molecular weight excluding hydrogens is 236 g/mol. The van der Waals surface area contributed by atoms with Crippen LogP contribution >= 0.6 is 11.8 Å². The summed E-state index contributed by atoms with van der Waals surface area (Å²) in [4.78, 5) is 11.7. The van der Waals surface area contributed by atoms with Gasteiger partial charge in [0.1, 0.15) is 0 Å². The lowest BCUT2D eigenvalue weighted by Crippen LogP contribution is -2.50. The Morgan fingerprint density at radius 3 is 2.82 bits per heavy atom. The number of hydrogen-bond donors (Lipinski definition) is 3. The van der Waals surface area contributed by atoms with E-state index < -0.39 is 0 Å². The van der Waals surface area contributed by atoms with E-state index in [1.165, 1.54) is 0 Å². The molecule has 5 heteroatoms. The van der Waals surface area contributed by atoms with Gasteiger partial charge in [-0.05, 0) is 26.0 Å². The lowest BCUT2D eigenvalue weighted by atomic mass is 9.85. The van der Waals surface area contributed by atoms with Gasteiger partial charge in [0.15, 0.2) is 0 Å². The highest BCUT2D eigenvalue weighted by atomic mass is 32.2. The van der Waals surface area contributed by atoms with Crippen LogP contribution in [0.4, 0.5) is 4.79 Å². The lowest BCUT2D eigenvalue weighted by molar-refractivity contribution is 0.153. The highest BCUT2D eigenvalue weighted by Crippen LogP contribution is 2.23. The zero-order valence-electron chi connectivity index (χ0n) is 10.7. The van der Waals surface area contributed by atoms with Crippen LogP contribution in [0.25, 0.3) is 0 Å². The molecule has 0 aromatic rings. The van der Waals surface area contributed by atoms with Crippen LogP contribution in [0.3, 0.4) is 0 Å². The zero-order valence-corrected chi connectivity index (χ0v) is 11.6. The Morgan fingerprint density at radius 1 is 1.47 bits per heavy atom. The van der Waals surface area contributed by atoms with Gasteiger partial charge in [-0.2, -0.15) is 11.8 Å². The van der Waals surface area contributed by atoms with Crippen LogP contribution in [-0.4, -0.2) is 41.8 Å². The second-order valence-electron chi connectivity index (χ2n) is 4.81. The molecule has 0 aromatic carbocycles. The minimum atomic E-state index is -0.100. The fraction of sp³-hybridized carbons (Fsp3) is 0.917. The average molecular weight is 260 g/mol. The fourth-order valence-corrected chi connectivity index (χ4v) is 2.93. The second kappa shape index (κ2) is 7.82. The van der Waals surface area contributed by atoms with Crippen molar-refractivity contribution < 1.29 is 9.90 Å². The van der Waals surface area contributed by atoms with Gasteiger partial charge in [-0.25, -0.2) is 4.79 Å². The summed E-state index contributed by atoms with van der Waals surface area (Å²) in [6, 6.07) is 0.216. The van der Waals surface area contributed by atoms with E-state index >= 15 is 0 Å². The number of aliphatic hydroxyl groups excluding tert-OH is 1. The lowest BCUT2D eigenvalue weighted by Gasteiger charge is -2.31. The summed E-state index contributed by atoms with van der Waals surface area (Å²) in [6.07, 6.45) is 6.33. The molecule has 0 spiro atoms. The maximum atomic E-state index is 11.7. The summed E-state index contributed by atoms with van der Waals surface area (Å²) in [5.74, 6) is 1.15. The molecule has 0 heterocycles. The second-order valence-corrected chi connectivity index (χ2v) is 5.72. The van der Waals surface area contributed by atoms with Crippen LogP contribution in [0.2, 0.25) is 0 Å². The molecule has 1 aliphatic carbocycles. The predicted octanol–water partition coefficient (Wildman–Crippen LogP) is 1.59. The summed E-state index contributed by atoms with van der Waals surface area (Å²) < 4.78 is 0. The monoisotopic (exact) mass is 260 g/mol. The van der Waals surface area contributed by atoms with Crippen molar-refractivity contribution in [3.63, 3.8) is 0 Å². The average Bonchev–Trinajstić information content (AvgIpc) is 2.29. The van der Waals surface area contributed by atoms with Crippen LogP contribution in [0.15, 0.2) is 0 Å². The van der Waals surface area contributed by atoms with Crippen LogP contribution < -0.4 is 10.6 Å². The van der Waals surface area contributed by atoms with Crippen LogP contribution in [0.5, 0.6) is 0 Å². The Kier molecular flexibility index (Phi) is 6.73. The van der Waals surface area contributed by atoms with Crippen molar-refractivity contribution in [1.82, 2.24) is 10.6 Å². The maximum absolute atomic E-state index is 11.7. The standard InChI is InChI=1S/C12H24N2O2S/c1-9(8-17-2)13-12(16)14-11-6-4-3-5-10(11)7-15/h9-11,15H,3-8H2,1-2H3,(H2,13,14,16)/t9-,10-,11-/m0/s1. The van der Waals surface area contributed by atoms with E-state index in [0.29, 0.717) is 0 Å². The summed E-state index contributed by atoms with van der Waals surface area (Å²) in [5, 5.41) is 15.2. The molecule has 3 atom stereocenters. The molecule has 100 valence electrons. The molecule has 3 N–H and O–H groups in total. The van der Waals surface area contributed by atoms with Gasteiger partial charge in [-0.15, -0.1) is 0 Å². The number of carbonyl (C=O) groups is 1. The Labute approximate surface area is 108 Å². The smallest absolute Gasteiger partial charge is 0.315 e. The van der Waals surface area contributed by atoms with Gasteiger partial charge >= 0.3 is 6.03 Å². The van der Waals surface area contributed by atoms with Gasteiger partial charge in [-0.3, -0.25) is 0 Å². The van der Waals surface area contributed by atoms with Crippen LogP contribution in [-0.2, 0) is 0 Å². The van der Waals surface area contributed by atoms with Crippen LogP contribution in [0, 0.1) is 5.92 Å². The van der Waals surface area contributed by atoms with E-state index in [1.54, 1.807) is 11.8 Å². The molecule has 0 radical (unpaired) electrons. The number of thioether (sulfide) groups is 1. The van der Waals surface area contributed by atoms with E-state index in [2.05, 4.69) is 10.6 Å². The largest absolute Gasteiger partial charge is 0.396 e. The first-order chi connectivity index (χ1) is 8.17. The summed E-state index contributed by atoms with van der Waals surface area (Å²) in [5.41, 5.74) is 0. The minimum Gasteiger partial charge on any atom is -0.396 e. The van der Waals surface area contributed by atoms with E-state index in [0.717, 1.165) is 31.4 Å². The Bertz CT molecular complexity index is 239. The van der Waals surface area contributed by atoms with Crippen molar-refractivity contribution >= 4 is 17.8 Å². The highest BCUT2D eigenvalue weighted by Gasteiger charge is 2.25. The van der Waals surface area contributed by atoms with Gasteiger partial charge in [0.05, 0.1) is 0 Å². The van der Waals surface area contributed by atoms with E-state index in [9.17, 15) is 9.90 Å². The first kappa shape index (κ1) is 14.6. The summed E-state index contributed by atoms with van der Waals surface area (Å²) in [6.45, 7) is 2.17. The molecule has 17 heavy (non-hydrogen) atoms. The first-order valence-corrected chi connectivity index (χ1v) is 7.73. The molecule has 2 amide bonds. The third-order valence-electron chi connectivity index (χ3n) is 3.25. The number of hydrogen-bond acceptors (Lipinski definition) is 3. The Morgan fingerprint density at radius 2 is 2.18 bits per heavy atom. The van der Waals surface area contributed by atoms with Gasteiger partial charge < -0.3 is 15.7 Å². The van der Waals surface area contributed by atoms with E-state index in [1.807, 2.05) is 13.2 Å². The zero-order chi connectivity index (χ0) is 12.7. The number of rotatable bonds is 5. The van der Waals surface area contributed by atoms with Gasteiger partial charge in [0, 0.05) is 30.4 Å². The molecule has 0 aliphatic heterocycles. The Hall–Kier alpha value is -0.420. The third kappa shape index (κ3) is 5.17. The Balaban J connectivity index is 2.33. The van der Waals surface area contributed by atoms with E-state index in [-0.39, 0.29) is 30.6 Å². The normalized spacial score (nSPS) is 26.3. The van der Waals surface area contributed by atoms with Gasteiger partial charge in [0.2, 0.25) is 0 Å². The molecule has 4 nitrogen and oxygen atoms in total. The number of urea groups is 1. The molecule has 1 aliphatic rings. The highest BCUT2D eigenvalue weighted by molar-refractivity contribution is 7.98. The molecular formula is C12H24N2O2S. The number of carbonyl (C=O) groups excluding carboxylic acids is 1. The maximum Gasteiger partial charge on any atom is 0.315 e. The van der Waals surface area contributed by atoms with Crippen molar-refractivity contribution in [2.45, 2.75) is 44.7 Å². The van der Waals surface area contributed by atoms with Gasteiger partial charge in [-0.1, -0.05) is 12.8 Å². The summed E-state index contributed by atoms with van der Waals surface area (Å²) >= 11 is 1.72. The molecule has 0 saturated heterocycles. The number of amides is 2. The molecule has 0 bridgehead atoms. The number of aliphatic hydroxyl groups is 1. The molecule has 0 unspecified atom stereocenters. The predicted molar refractivity (Wildman–Crippen MR) is 72.3 cm³/mol. The topological polar surface area (TPSA) is 61.4 Å². The SMILES string of the molecule is CSC[C@H](C)NC(=O)N[C@H]1CCCC[C@H]1CO. The minimum absolute atomic E-state index is 0.100. The molecule has 0 aromatic heterocycles. The summed E-state index contributed by atoms with van der Waals surface area (Å²) in [7, 11) is 0. The first-order valence-electron chi connectivity index (χ1n) is 6.34. The third-order valence-corrected chi connectivity index (χ3v) is 4.09. The quantitative estimate of drug-likeness (QED) is 0.703. The van der Waals surface area contributed by atoms with Crippen molar-refractivity contribution in [3.05, 3.63) is 0 Å². The van der Waals surface area contributed by atoms with Crippen molar-refractivity contribution in [2.24, 2.45) is 5.92 Å².